The first kappa shape index (κ1) is 7.53. The third-order valence-electron chi connectivity index (χ3n) is 2.62. The van der Waals surface area contributed by atoms with Crippen molar-refractivity contribution in [1.29, 1.82) is 0 Å². The monoisotopic (exact) mass is 158 g/mol. The molecule has 1 saturated carbocycles. The van der Waals surface area contributed by atoms with Crippen LogP contribution in [0.3, 0.4) is 0 Å². The van der Waals surface area contributed by atoms with Crippen LogP contribution in [0.5, 0.6) is 0 Å². The molecule has 0 aromatic heterocycles. The van der Waals surface area contributed by atoms with E-state index in [4.69, 9.17) is 4.89 Å². The van der Waals surface area contributed by atoms with Crippen molar-refractivity contribution in [2.24, 2.45) is 5.92 Å². The molecule has 3 heteroatoms. The maximum Gasteiger partial charge on any atom is 0.125 e. The Bertz CT molecular complexity index is 115. The molecule has 3 nitrogen and oxygen atoms in total. The Morgan fingerprint density at radius 2 is 1.82 bits per heavy atom. The predicted octanol–water partition coefficient (Wildman–Crippen LogP) is 1.83. The number of hydrogen-bond acceptors (Lipinski definition) is 3. The van der Waals surface area contributed by atoms with Crippen molar-refractivity contribution < 1.29 is 14.8 Å². The minimum Gasteiger partial charge on any atom is -0.203 e. The molecule has 0 aromatic rings. The molecule has 0 radical (unpaired) electrons. The van der Waals surface area contributed by atoms with Crippen molar-refractivity contribution in [2.45, 2.75) is 38.2 Å². The number of rotatable bonds is 1. The second kappa shape index (κ2) is 3.52. The fourth-order valence-corrected chi connectivity index (χ4v) is 1.92. The molecule has 11 heavy (non-hydrogen) atoms. The molecule has 2 fully saturated rings. The van der Waals surface area contributed by atoms with Gasteiger partial charge < -0.3 is 0 Å². The summed E-state index contributed by atoms with van der Waals surface area (Å²) in [5.74, 6) is 0.672. The van der Waals surface area contributed by atoms with Gasteiger partial charge in [0, 0.05) is 0 Å². The fourth-order valence-electron chi connectivity index (χ4n) is 1.92. The Labute approximate surface area is 66.5 Å². The summed E-state index contributed by atoms with van der Waals surface area (Å²) in [7, 11) is 0. The summed E-state index contributed by atoms with van der Waals surface area (Å²) in [6.07, 6.45) is 6.81. The summed E-state index contributed by atoms with van der Waals surface area (Å²) < 4.78 is 0. The zero-order chi connectivity index (χ0) is 7.52. The van der Waals surface area contributed by atoms with Gasteiger partial charge in [0.05, 0.1) is 0 Å². The van der Waals surface area contributed by atoms with Gasteiger partial charge in [-0.3, -0.25) is 0 Å². The third-order valence-corrected chi connectivity index (χ3v) is 2.62. The molecule has 0 bridgehead atoms. The second-order valence-corrected chi connectivity index (χ2v) is 3.39. The average Bonchev–Trinajstić information content (AvgIpc) is 2.58. The van der Waals surface area contributed by atoms with Crippen LogP contribution in [0.4, 0.5) is 0 Å². The van der Waals surface area contributed by atoms with Gasteiger partial charge in [-0.25, -0.2) is 4.89 Å². The van der Waals surface area contributed by atoms with E-state index in [0.717, 1.165) is 0 Å². The first-order valence-corrected chi connectivity index (χ1v) is 4.42. The normalized spacial score (nSPS) is 34.4. The SMILES string of the molecule is C1CCC(C2COOO2)CC1. The summed E-state index contributed by atoms with van der Waals surface area (Å²) in [5.41, 5.74) is 0. The molecule has 64 valence electrons. The van der Waals surface area contributed by atoms with Crippen molar-refractivity contribution >= 4 is 0 Å². The molecular weight excluding hydrogens is 144 g/mol. The lowest BCUT2D eigenvalue weighted by Crippen LogP contribution is -2.24. The second-order valence-electron chi connectivity index (χ2n) is 3.39. The van der Waals surface area contributed by atoms with Crippen LogP contribution >= 0.6 is 0 Å². The fraction of sp³-hybridized carbons (Fsp3) is 1.00. The Kier molecular flexibility index (Phi) is 2.41. The van der Waals surface area contributed by atoms with Crippen LogP contribution in [-0.4, -0.2) is 12.7 Å². The Balaban J connectivity index is 1.82. The first-order valence-electron chi connectivity index (χ1n) is 4.42. The highest BCUT2D eigenvalue weighted by molar-refractivity contribution is 4.73. The van der Waals surface area contributed by atoms with Crippen LogP contribution in [0.15, 0.2) is 0 Å². The van der Waals surface area contributed by atoms with Gasteiger partial charge in [-0.1, -0.05) is 24.3 Å². The standard InChI is InChI=1S/C8H14O3/c1-2-4-7(5-3-1)8-6-9-11-10-8/h7-8H,1-6H2. The van der Waals surface area contributed by atoms with Crippen molar-refractivity contribution in [2.75, 3.05) is 6.61 Å². The van der Waals surface area contributed by atoms with Crippen LogP contribution < -0.4 is 0 Å². The zero-order valence-corrected chi connectivity index (χ0v) is 6.62. The van der Waals surface area contributed by atoms with Crippen LogP contribution in [0.25, 0.3) is 0 Å². The molecule has 0 spiro atoms. The predicted molar refractivity (Wildman–Crippen MR) is 38.5 cm³/mol. The minimum absolute atomic E-state index is 0.204. The molecule has 0 N–H and O–H groups in total. The number of hydrogen-bond donors (Lipinski definition) is 0. The molecule has 2 aliphatic rings. The molecule has 1 saturated heterocycles. The molecule has 1 heterocycles. The Morgan fingerprint density at radius 1 is 1.00 bits per heavy atom. The van der Waals surface area contributed by atoms with Gasteiger partial charge in [0.1, 0.15) is 12.7 Å². The highest BCUT2D eigenvalue weighted by Crippen LogP contribution is 2.29. The summed E-state index contributed by atoms with van der Waals surface area (Å²) in [4.78, 5) is 9.66. The van der Waals surface area contributed by atoms with Gasteiger partial charge in [-0.05, 0) is 18.8 Å². The van der Waals surface area contributed by atoms with Gasteiger partial charge in [-0.2, -0.15) is 4.89 Å². The molecule has 1 atom stereocenters. The maximum absolute atomic E-state index is 4.97. The van der Waals surface area contributed by atoms with E-state index in [1.807, 2.05) is 0 Å². The van der Waals surface area contributed by atoms with Gasteiger partial charge in [-0.15, -0.1) is 0 Å². The van der Waals surface area contributed by atoms with Crippen LogP contribution in [0, 0.1) is 5.92 Å². The lowest BCUT2D eigenvalue weighted by atomic mass is 9.85. The van der Waals surface area contributed by atoms with Crippen molar-refractivity contribution in [3.63, 3.8) is 0 Å². The van der Waals surface area contributed by atoms with Gasteiger partial charge in [0.25, 0.3) is 0 Å². The van der Waals surface area contributed by atoms with Crippen molar-refractivity contribution in [1.82, 2.24) is 0 Å². The molecule has 1 unspecified atom stereocenters. The van der Waals surface area contributed by atoms with Gasteiger partial charge >= 0.3 is 0 Å². The molecule has 0 aromatic carbocycles. The maximum atomic E-state index is 4.97. The molecule has 1 aliphatic carbocycles. The third kappa shape index (κ3) is 1.72. The first-order chi connectivity index (χ1) is 5.47. The van der Waals surface area contributed by atoms with E-state index in [9.17, 15) is 0 Å². The highest BCUT2D eigenvalue weighted by Gasteiger charge is 2.29. The molecule has 1 aliphatic heterocycles. The van der Waals surface area contributed by atoms with E-state index in [2.05, 4.69) is 9.93 Å². The van der Waals surface area contributed by atoms with E-state index in [1.165, 1.54) is 32.1 Å². The van der Waals surface area contributed by atoms with Crippen LogP contribution in [-0.2, 0) is 14.8 Å². The zero-order valence-electron chi connectivity index (χ0n) is 6.62. The molecule has 0 amide bonds. The Hall–Kier alpha value is -0.120. The van der Waals surface area contributed by atoms with E-state index in [-0.39, 0.29) is 6.10 Å². The quantitative estimate of drug-likeness (QED) is 0.545. The van der Waals surface area contributed by atoms with Crippen LogP contribution in [0.2, 0.25) is 0 Å². The summed E-state index contributed by atoms with van der Waals surface area (Å²) in [6, 6.07) is 0. The smallest absolute Gasteiger partial charge is 0.125 e. The molecule has 2 rings (SSSR count). The topological polar surface area (TPSA) is 27.7 Å². The van der Waals surface area contributed by atoms with Gasteiger partial charge in [0.2, 0.25) is 0 Å². The lowest BCUT2D eigenvalue weighted by molar-refractivity contribution is -0.462. The summed E-state index contributed by atoms with van der Waals surface area (Å²) >= 11 is 0. The molecular formula is C8H14O3. The average molecular weight is 158 g/mol. The lowest BCUT2D eigenvalue weighted by Gasteiger charge is -2.23. The largest absolute Gasteiger partial charge is 0.203 e. The van der Waals surface area contributed by atoms with E-state index in [0.29, 0.717) is 12.5 Å². The van der Waals surface area contributed by atoms with Crippen LogP contribution in [0.1, 0.15) is 32.1 Å². The van der Waals surface area contributed by atoms with Crippen molar-refractivity contribution in [3.05, 3.63) is 0 Å². The van der Waals surface area contributed by atoms with E-state index < -0.39 is 0 Å². The van der Waals surface area contributed by atoms with Gasteiger partial charge in [0.15, 0.2) is 0 Å². The van der Waals surface area contributed by atoms with E-state index >= 15 is 0 Å². The highest BCUT2D eigenvalue weighted by atomic mass is 17.5. The minimum atomic E-state index is 0.204. The Morgan fingerprint density at radius 3 is 2.45 bits per heavy atom. The summed E-state index contributed by atoms with van der Waals surface area (Å²) in [5, 5.41) is 4.41. The summed E-state index contributed by atoms with van der Waals surface area (Å²) in [6.45, 7) is 0.616. The van der Waals surface area contributed by atoms with E-state index in [1.54, 1.807) is 0 Å². The van der Waals surface area contributed by atoms with Crippen molar-refractivity contribution in [3.8, 4) is 0 Å².